The van der Waals surface area contributed by atoms with Crippen molar-refractivity contribution in [3.63, 3.8) is 0 Å². The predicted molar refractivity (Wildman–Crippen MR) is 98.7 cm³/mol. The predicted octanol–water partition coefficient (Wildman–Crippen LogP) is 4.04. The highest BCUT2D eigenvalue weighted by atomic mass is 32.1. The minimum Gasteiger partial charge on any atom is -0.385 e. The van der Waals surface area contributed by atoms with Crippen LogP contribution in [0.2, 0.25) is 0 Å². The van der Waals surface area contributed by atoms with Crippen LogP contribution in [0.15, 0.2) is 41.8 Å². The van der Waals surface area contributed by atoms with Gasteiger partial charge in [0.25, 0.3) is 5.69 Å². The molecule has 2 aromatic rings. The van der Waals surface area contributed by atoms with Gasteiger partial charge in [0.05, 0.1) is 11.5 Å². The minimum atomic E-state index is -0.414. The van der Waals surface area contributed by atoms with Gasteiger partial charge in [0.15, 0.2) is 0 Å². The van der Waals surface area contributed by atoms with Crippen LogP contribution in [0.25, 0.3) is 0 Å². The second kappa shape index (κ2) is 8.11. The third-order valence-corrected chi connectivity index (χ3v) is 5.05. The number of anilines is 1. The van der Waals surface area contributed by atoms with Crippen LogP contribution in [-0.4, -0.2) is 28.3 Å². The number of nitro groups is 1. The Hall–Kier alpha value is -2.41. The van der Waals surface area contributed by atoms with Crippen molar-refractivity contribution in [3.8, 4) is 0 Å². The standard InChI is InChI=1S/C18H21N3O3S/c22-18(20(15-9-10-15)13-17-3-2-12-25-17)4-1-11-19-14-5-7-16(8-6-14)21(23)24/h2-3,5-8,12,15,19H,1,4,9-11,13H2. The highest BCUT2D eigenvalue weighted by Gasteiger charge is 2.32. The molecule has 0 saturated heterocycles. The Morgan fingerprint density at radius 3 is 2.64 bits per heavy atom. The van der Waals surface area contributed by atoms with Crippen molar-refractivity contribution < 1.29 is 9.72 Å². The molecule has 1 aromatic heterocycles. The van der Waals surface area contributed by atoms with Gasteiger partial charge >= 0.3 is 0 Å². The van der Waals surface area contributed by atoms with Crippen LogP contribution in [0.5, 0.6) is 0 Å². The number of hydrogen-bond donors (Lipinski definition) is 1. The van der Waals surface area contributed by atoms with Gasteiger partial charge in [-0.05, 0) is 42.8 Å². The fourth-order valence-electron chi connectivity index (χ4n) is 2.69. The number of thiophene rings is 1. The first-order valence-electron chi connectivity index (χ1n) is 8.43. The van der Waals surface area contributed by atoms with Gasteiger partial charge < -0.3 is 10.2 Å². The van der Waals surface area contributed by atoms with Crippen LogP contribution in [0.3, 0.4) is 0 Å². The molecule has 0 radical (unpaired) electrons. The normalized spacial score (nSPS) is 13.4. The average Bonchev–Trinajstić information content (AvgIpc) is 3.32. The minimum absolute atomic E-state index is 0.0781. The Balaban J connectivity index is 1.42. The topological polar surface area (TPSA) is 75.5 Å². The highest BCUT2D eigenvalue weighted by Crippen LogP contribution is 2.30. The zero-order valence-corrected chi connectivity index (χ0v) is 14.7. The quantitative estimate of drug-likeness (QED) is 0.416. The molecular formula is C18H21N3O3S. The van der Waals surface area contributed by atoms with Crippen LogP contribution >= 0.6 is 11.3 Å². The molecule has 1 N–H and O–H groups in total. The maximum absolute atomic E-state index is 12.5. The van der Waals surface area contributed by atoms with E-state index >= 15 is 0 Å². The summed E-state index contributed by atoms with van der Waals surface area (Å²) in [6.45, 7) is 1.39. The van der Waals surface area contributed by atoms with Gasteiger partial charge in [-0.3, -0.25) is 14.9 Å². The van der Waals surface area contributed by atoms with Crippen LogP contribution < -0.4 is 5.32 Å². The number of hydrogen-bond acceptors (Lipinski definition) is 5. The van der Waals surface area contributed by atoms with Crippen molar-refractivity contribution in [3.05, 3.63) is 56.8 Å². The molecule has 1 aliphatic carbocycles. The van der Waals surface area contributed by atoms with Crippen LogP contribution in [0.1, 0.15) is 30.6 Å². The first-order chi connectivity index (χ1) is 12.1. The zero-order chi connectivity index (χ0) is 17.6. The number of benzene rings is 1. The highest BCUT2D eigenvalue weighted by molar-refractivity contribution is 7.09. The summed E-state index contributed by atoms with van der Waals surface area (Å²) in [7, 11) is 0. The lowest BCUT2D eigenvalue weighted by Crippen LogP contribution is -2.32. The number of amides is 1. The number of non-ortho nitro benzene ring substituents is 1. The van der Waals surface area contributed by atoms with Crippen LogP contribution in [0.4, 0.5) is 11.4 Å². The molecule has 0 aliphatic heterocycles. The van der Waals surface area contributed by atoms with Gasteiger partial charge in [-0.2, -0.15) is 0 Å². The fourth-order valence-corrected chi connectivity index (χ4v) is 3.40. The van der Waals surface area contributed by atoms with Gasteiger partial charge in [0.2, 0.25) is 5.91 Å². The molecule has 0 spiro atoms. The van der Waals surface area contributed by atoms with E-state index in [0.29, 0.717) is 19.0 Å². The summed E-state index contributed by atoms with van der Waals surface area (Å²) in [6, 6.07) is 10.8. The number of carbonyl (C=O) groups is 1. The Bertz CT molecular complexity index is 712. The molecule has 6 nitrogen and oxygen atoms in total. The van der Waals surface area contributed by atoms with Crippen LogP contribution in [0, 0.1) is 10.1 Å². The van der Waals surface area contributed by atoms with E-state index < -0.39 is 4.92 Å². The number of nitrogens with one attached hydrogen (secondary N) is 1. The van der Waals surface area contributed by atoms with E-state index in [4.69, 9.17) is 0 Å². The SMILES string of the molecule is O=C(CCCNc1ccc([N+](=O)[O-])cc1)N(Cc1cccs1)C1CC1. The summed E-state index contributed by atoms with van der Waals surface area (Å²) in [5.74, 6) is 0.210. The summed E-state index contributed by atoms with van der Waals surface area (Å²) in [5, 5.41) is 15.9. The summed E-state index contributed by atoms with van der Waals surface area (Å²) in [6.07, 6.45) is 3.47. The molecular weight excluding hydrogens is 338 g/mol. The van der Waals surface area contributed by atoms with E-state index in [-0.39, 0.29) is 11.6 Å². The van der Waals surface area contributed by atoms with Crippen molar-refractivity contribution in [1.82, 2.24) is 4.90 Å². The number of nitro benzene ring substituents is 1. The van der Waals surface area contributed by atoms with Crippen molar-refractivity contribution in [1.29, 1.82) is 0 Å². The molecule has 3 rings (SSSR count). The van der Waals surface area contributed by atoms with Crippen molar-refractivity contribution in [2.75, 3.05) is 11.9 Å². The molecule has 7 heteroatoms. The van der Waals surface area contributed by atoms with Crippen molar-refractivity contribution >= 4 is 28.6 Å². The van der Waals surface area contributed by atoms with Gasteiger partial charge in [-0.15, -0.1) is 11.3 Å². The maximum Gasteiger partial charge on any atom is 0.269 e. The third-order valence-electron chi connectivity index (χ3n) is 4.19. The molecule has 0 unspecified atom stereocenters. The average molecular weight is 359 g/mol. The summed E-state index contributed by atoms with van der Waals surface area (Å²) in [5.41, 5.74) is 0.907. The maximum atomic E-state index is 12.5. The molecule has 1 amide bonds. The van der Waals surface area contributed by atoms with E-state index in [2.05, 4.69) is 11.4 Å². The summed E-state index contributed by atoms with van der Waals surface area (Å²) >= 11 is 1.69. The van der Waals surface area contributed by atoms with Gasteiger partial charge in [-0.25, -0.2) is 0 Å². The molecule has 1 aliphatic rings. The summed E-state index contributed by atoms with van der Waals surface area (Å²) < 4.78 is 0. The van der Waals surface area contributed by atoms with E-state index in [1.165, 1.54) is 17.0 Å². The molecule has 1 saturated carbocycles. The summed E-state index contributed by atoms with van der Waals surface area (Å²) in [4.78, 5) is 26.0. The van der Waals surface area contributed by atoms with Gasteiger partial charge in [0.1, 0.15) is 0 Å². The molecule has 0 atom stereocenters. The Labute approximate surface area is 150 Å². The first-order valence-corrected chi connectivity index (χ1v) is 9.31. The first kappa shape index (κ1) is 17.4. The number of carbonyl (C=O) groups excluding carboxylic acids is 1. The Kier molecular flexibility index (Phi) is 5.65. The van der Waals surface area contributed by atoms with Gasteiger partial charge in [-0.1, -0.05) is 6.07 Å². The third kappa shape index (κ3) is 5.03. The second-order valence-corrected chi connectivity index (χ2v) is 7.20. The van der Waals surface area contributed by atoms with Crippen molar-refractivity contribution in [2.24, 2.45) is 0 Å². The lowest BCUT2D eigenvalue weighted by Gasteiger charge is -2.22. The van der Waals surface area contributed by atoms with E-state index in [1.54, 1.807) is 23.5 Å². The second-order valence-electron chi connectivity index (χ2n) is 6.17. The Morgan fingerprint density at radius 1 is 1.28 bits per heavy atom. The van der Waals surface area contributed by atoms with Gasteiger partial charge in [0, 0.05) is 41.7 Å². The molecule has 1 fully saturated rings. The Morgan fingerprint density at radius 2 is 2.04 bits per heavy atom. The molecule has 0 bridgehead atoms. The lowest BCUT2D eigenvalue weighted by atomic mass is 10.2. The number of nitrogens with zero attached hydrogens (tertiary/aromatic N) is 2. The molecule has 132 valence electrons. The molecule has 1 heterocycles. The lowest BCUT2D eigenvalue weighted by molar-refractivity contribution is -0.384. The van der Waals surface area contributed by atoms with E-state index in [9.17, 15) is 14.9 Å². The molecule has 25 heavy (non-hydrogen) atoms. The van der Waals surface area contributed by atoms with Crippen LogP contribution in [-0.2, 0) is 11.3 Å². The van der Waals surface area contributed by atoms with Crippen molar-refractivity contribution in [2.45, 2.75) is 38.3 Å². The van der Waals surface area contributed by atoms with E-state index in [0.717, 1.165) is 31.5 Å². The fraction of sp³-hybridized carbons (Fsp3) is 0.389. The monoisotopic (exact) mass is 359 g/mol. The smallest absolute Gasteiger partial charge is 0.269 e. The zero-order valence-electron chi connectivity index (χ0n) is 13.9. The molecule has 1 aromatic carbocycles. The number of rotatable bonds is 9. The van der Waals surface area contributed by atoms with E-state index in [1.807, 2.05) is 16.3 Å². The largest absolute Gasteiger partial charge is 0.385 e.